The number of anilines is 2. The fraction of sp³-hybridized carbons (Fsp3) is 0.200. The zero-order chi connectivity index (χ0) is 24.1. The van der Waals surface area contributed by atoms with Crippen LogP contribution in [0.3, 0.4) is 0 Å². The van der Waals surface area contributed by atoms with Crippen molar-refractivity contribution in [2.75, 3.05) is 31.6 Å². The minimum Gasteiger partial charge on any atom is -0.493 e. The van der Waals surface area contributed by atoms with Gasteiger partial charge in [0.05, 0.1) is 19.5 Å². The van der Waals surface area contributed by atoms with E-state index in [-0.39, 0.29) is 23.9 Å². The summed E-state index contributed by atoms with van der Waals surface area (Å²) in [6, 6.07) is 17.6. The summed E-state index contributed by atoms with van der Waals surface area (Å²) in [6.45, 7) is 2.00. The van der Waals surface area contributed by atoms with E-state index in [2.05, 4.69) is 10.6 Å². The van der Waals surface area contributed by atoms with Crippen LogP contribution in [0.2, 0.25) is 0 Å². The average Bonchev–Trinajstić information content (AvgIpc) is 3.31. The third-order valence-corrected chi connectivity index (χ3v) is 6.15. The third-order valence-electron chi connectivity index (χ3n) is 5.06. The Kier molecular flexibility index (Phi) is 7.12. The largest absolute Gasteiger partial charge is 0.493 e. The van der Waals surface area contributed by atoms with E-state index in [1.165, 1.54) is 26.0 Å². The van der Waals surface area contributed by atoms with E-state index in [0.29, 0.717) is 39.9 Å². The summed E-state index contributed by atoms with van der Waals surface area (Å²) in [7, 11) is 3.06. The van der Waals surface area contributed by atoms with Crippen LogP contribution in [0.5, 0.6) is 23.0 Å². The molecule has 0 bridgehead atoms. The summed E-state index contributed by atoms with van der Waals surface area (Å²) >= 11 is 1.39. The summed E-state index contributed by atoms with van der Waals surface area (Å²) in [5.74, 6) is 1.86. The fourth-order valence-electron chi connectivity index (χ4n) is 3.30. The molecular weight excluding hydrogens is 456 g/mol. The number of carbonyl (C=O) groups excluding carboxylic acids is 2. The van der Waals surface area contributed by atoms with Gasteiger partial charge in [-0.25, -0.2) is 0 Å². The molecule has 2 amide bonds. The van der Waals surface area contributed by atoms with E-state index in [9.17, 15) is 9.59 Å². The molecule has 3 aromatic rings. The molecule has 9 heteroatoms. The highest BCUT2D eigenvalue weighted by molar-refractivity contribution is 8.00. The molecule has 0 aromatic heterocycles. The van der Waals surface area contributed by atoms with E-state index < -0.39 is 0 Å². The maximum absolute atomic E-state index is 12.7. The summed E-state index contributed by atoms with van der Waals surface area (Å²) in [6.07, 6.45) is 0. The molecule has 0 spiro atoms. The maximum Gasteiger partial charge on any atom is 0.255 e. The molecular formula is C25H24N2O6S. The second-order valence-electron chi connectivity index (χ2n) is 7.37. The van der Waals surface area contributed by atoms with Gasteiger partial charge in [0.25, 0.3) is 5.91 Å². The van der Waals surface area contributed by atoms with Crippen LogP contribution in [0.25, 0.3) is 0 Å². The van der Waals surface area contributed by atoms with Gasteiger partial charge in [-0.2, -0.15) is 0 Å². The lowest BCUT2D eigenvalue weighted by Gasteiger charge is -2.14. The number of methoxy groups -OCH3 is 2. The van der Waals surface area contributed by atoms with E-state index >= 15 is 0 Å². The van der Waals surface area contributed by atoms with Crippen molar-refractivity contribution in [1.82, 2.24) is 0 Å². The Bertz CT molecular complexity index is 1220. The number of nitrogens with one attached hydrogen (secondary N) is 2. The van der Waals surface area contributed by atoms with Crippen LogP contribution in [0.4, 0.5) is 11.4 Å². The number of hydrogen-bond acceptors (Lipinski definition) is 7. The molecule has 0 radical (unpaired) electrons. The molecule has 2 N–H and O–H groups in total. The molecule has 0 saturated heterocycles. The average molecular weight is 481 g/mol. The van der Waals surface area contributed by atoms with Crippen LogP contribution in [0, 0.1) is 0 Å². The predicted molar refractivity (Wildman–Crippen MR) is 130 cm³/mol. The third kappa shape index (κ3) is 5.37. The van der Waals surface area contributed by atoms with Crippen molar-refractivity contribution in [3.05, 3.63) is 66.2 Å². The van der Waals surface area contributed by atoms with Crippen molar-refractivity contribution in [2.24, 2.45) is 0 Å². The molecule has 1 aliphatic heterocycles. The Labute approximate surface area is 201 Å². The molecule has 1 heterocycles. The normalized spacial score (nSPS) is 12.6. The number of carbonyl (C=O) groups is 2. The van der Waals surface area contributed by atoms with Gasteiger partial charge in [0.1, 0.15) is 0 Å². The van der Waals surface area contributed by atoms with Crippen LogP contribution in [0.15, 0.2) is 65.6 Å². The lowest BCUT2D eigenvalue weighted by atomic mass is 10.2. The monoisotopic (exact) mass is 480 g/mol. The number of hydrogen-bond donors (Lipinski definition) is 2. The number of thioether (sulfide) groups is 1. The van der Waals surface area contributed by atoms with E-state index in [1.54, 1.807) is 42.5 Å². The Morgan fingerprint density at radius 1 is 0.882 bits per heavy atom. The number of amides is 2. The Morgan fingerprint density at radius 3 is 2.44 bits per heavy atom. The summed E-state index contributed by atoms with van der Waals surface area (Å²) < 4.78 is 21.1. The first-order valence-electron chi connectivity index (χ1n) is 10.5. The number of rotatable bonds is 8. The molecule has 4 rings (SSSR count). The predicted octanol–water partition coefficient (Wildman–Crippen LogP) is 4.80. The second-order valence-corrected chi connectivity index (χ2v) is 8.78. The molecule has 0 fully saturated rings. The van der Waals surface area contributed by atoms with Crippen molar-refractivity contribution in [3.63, 3.8) is 0 Å². The zero-order valence-corrected chi connectivity index (χ0v) is 19.7. The zero-order valence-electron chi connectivity index (χ0n) is 18.9. The number of ether oxygens (including phenoxy) is 4. The highest BCUT2D eigenvalue weighted by atomic mass is 32.2. The number of fused-ring (bicyclic) bond motifs is 1. The van der Waals surface area contributed by atoms with Crippen molar-refractivity contribution < 1.29 is 28.5 Å². The van der Waals surface area contributed by atoms with Gasteiger partial charge < -0.3 is 29.6 Å². The molecule has 8 nitrogen and oxygen atoms in total. The molecule has 3 aromatic carbocycles. The lowest BCUT2D eigenvalue weighted by molar-refractivity contribution is -0.115. The summed E-state index contributed by atoms with van der Waals surface area (Å²) in [4.78, 5) is 26.2. The van der Waals surface area contributed by atoms with Crippen LogP contribution < -0.4 is 29.6 Å². The highest BCUT2D eigenvalue weighted by Gasteiger charge is 2.18. The maximum atomic E-state index is 12.7. The minimum absolute atomic E-state index is 0.149. The minimum atomic E-state index is -0.373. The topological polar surface area (TPSA) is 95.1 Å². The van der Waals surface area contributed by atoms with Crippen LogP contribution in [-0.4, -0.2) is 38.1 Å². The fourth-order valence-corrected chi connectivity index (χ4v) is 4.23. The van der Waals surface area contributed by atoms with E-state index in [4.69, 9.17) is 18.9 Å². The Balaban J connectivity index is 1.38. The molecule has 1 atom stereocenters. The summed E-state index contributed by atoms with van der Waals surface area (Å²) in [5, 5.41) is 5.40. The van der Waals surface area contributed by atoms with Gasteiger partial charge in [0, 0.05) is 27.9 Å². The lowest BCUT2D eigenvalue weighted by Crippen LogP contribution is -2.22. The summed E-state index contributed by atoms with van der Waals surface area (Å²) in [5.41, 5.74) is 1.69. The van der Waals surface area contributed by atoms with Gasteiger partial charge in [0.2, 0.25) is 12.7 Å². The first kappa shape index (κ1) is 23.3. The second kappa shape index (κ2) is 10.4. The van der Waals surface area contributed by atoms with Crippen LogP contribution in [-0.2, 0) is 4.79 Å². The van der Waals surface area contributed by atoms with Gasteiger partial charge in [-0.05, 0) is 55.5 Å². The smallest absolute Gasteiger partial charge is 0.255 e. The van der Waals surface area contributed by atoms with Crippen molar-refractivity contribution in [2.45, 2.75) is 17.1 Å². The highest BCUT2D eigenvalue weighted by Crippen LogP contribution is 2.35. The molecule has 0 saturated carbocycles. The van der Waals surface area contributed by atoms with Gasteiger partial charge in [-0.1, -0.05) is 6.07 Å². The molecule has 1 unspecified atom stereocenters. The van der Waals surface area contributed by atoms with Gasteiger partial charge >= 0.3 is 0 Å². The van der Waals surface area contributed by atoms with Gasteiger partial charge in [-0.15, -0.1) is 11.8 Å². The Morgan fingerprint density at radius 2 is 1.65 bits per heavy atom. The van der Waals surface area contributed by atoms with Crippen LogP contribution in [0.1, 0.15) is 17.3 Å². The molecule has 34 heavy (non-hydrogen) atoms. The van der Waals surface area contributed by atoms with Gasteiger partial charge in [0.15, 0.2) is 23.0 Å². The molecule has 0 aliphatic carbocycles. The van der Waals surface area contributed by atoms with Crippen molar-refractivity contribution in [1.29, 1.82) is 0 Å². The number of benzene rings is 3. The van der Waals surface area contributed by atoms with Crippen molar-refractivity contribution in [3.8, 4) is 23.0 Å². The van der Waals surface area contributed by atoms with E-state index in [0.717, 1.165) is 4.90 Å². The first-order valence-corrected chi connectivity index (χ1v) is 11.4. The molecule has 176 valence electrons. The first-order chi connectivity index (χ1) is 16.5. The Hall–Kier alpha value is -3.85. The van der Waals surface area contributed by atoms with Crippen molar-refractivity contribution >= 4 is 35.0 Å². The van der Waals surface area contributed by atoms with Crippen LogP contribution >= 0.6 is 11.8 Å². The van der Waals surface area contributed by atoms with Gasteiger partial charge in [-0.3, -0.25) is 9.59 Å². The SMILES string of the molecule is COc1ccc(C(=O)Nc2cccc(SC(C)C(=O)Nc3ccc4c(c3)OCO4)c2)cc1OC. The molecule has 1 aliphatic rings. The standard InChI is InChI=1S/C25H24N2O6S/c1-15(24(28)26-18-8-10-21-23(13-18)33-14-32-21)34-19-6-4-5-17(12-19)27-25(29)16-7-9-20(30-2)22(11-16)31-3/h4-13,15H,14H2,1-3H3,(H,26,28)(H,27,29). The van der Waals surface area contributed by atoms with E-state index in [1.807, 2.05) is 25.1 Å². The quantitative estimate of drug-likeness (QED) is 0.447.